The van der Waals surface area contributed by atoms with Crippen LogP contribution in [0.1, 0.15) is 17.2 Å². The molecule has 0 aliphatic heterocycles. The molecule has 0 aliphatic rings. The molecule has 0 saturated carbocycles. The lowest BCUT2D eigenvalue weighted by molar-refractivity contribution is 0.499. The third-order valence-electron chi connectivity index (χ3n) is 2.58. The fourth-order valence-electron chi connectivity index (χ4n) is 1.73. The van der Waals surface area contributed by atoms with Crippen LogP contribution in [0, 0.1) is 11.6 Å². The highest BCUT2D eigenvalue weighted by atomic mass is 79.9. The van der Waals surface area contributed by atoms with Crippen molar-refractivity contribution in [1.82, 2.24) is 15.3 Å². The summed E-state index contributed by atoms with van der Waals surface area (Å²) in [5.41, 5.74) is 1.36. The quantitative estimate of drug-likeness (QED) is 0.885. The average molecular weight is 314 g/mol. The van der Waals surface area contributed by atoms with Crippen LogP contribution in [0.5, 0.6) is 0 Å². The highest BCUT2D eigenvalue weighted by Gasteiger charge is 2.19. The van der Waals surface area contributed by atoms with Gasteiger partial charge in [-0.2, -0.15) is 0 Å². The van der Waals surface area contributed by atoms with Gasteiger partial charge in [0.05, 0.1) is 10.5 Å². The lowest BCUT2D eigenvalue weighted by Gasteiger charge is -2.18. The van der Waals surface area contributed by atoms with E-state index >= 15 is 0 Å². The van der Waals surface area contributed by atoms with Crippen LogP contribution in [0.4, 0.5) is 8.78 Å². The van der Waals surface area contributed by atoms with E-state index in [1.54, 1.807) is 19.4 Å². The third-order valence-corrected chi connectivity index (χ3v) is 3.38. The predicted molar refractivity (Wildman–Crippen MR) is 67.0 cm³/mol. The van der Waals surface area contributed by atoms with Crippen molar-refractivity contribution in [2.24, 2.45) is 0 Å². The normalized spacial score (nSPS) is 12.4. The highest BCUT2D eigenvalue weighted by Crippen LogP contribution is 2.30. The van der Waals surface area contributed by atoms with Gasteiger partial charge in [0.1, 0.15) is 6.33 Å². The summed E-state index contributed by atoms with van der Waals surface area (Å²) in [7, 11) is 1.73. The van der Waals surface area contributed by atoms with Crippen molar-refractivity contribution in [2.45, 2.75) is 6.04 Å². The Labute approximate surface area is 111 Å². The van der Waals surface area contributed by atoms with Crippen molar-refractivity contribution in [3.8, 4) is 0 Å². The molecule has 94 valence electrons. The Kier molecular flexibility index (Phi) is 3.98. The Balaban J connectivity index is 2.50. The highest BCUT2D eigenvalue weighted by molar-refractivity contribution is 9.10. The molecule has 1 aromatic heterocycles. The minimum absolute atomic E-state index is 0.103. The van der Waals surface area contributed by atoms with Crippen LogP contribution in [-0.2, 0) is 0 Å². The van der Waals surface area contributed by atoms with Crippen molar-refractivity contribution in [2.75, 3.05) is 7.05 Å². The van der Waals surface area contributed by atoms with Gasteiger partial charge in [0, 0.05) is 18.0 Å². The molecule has 3 nitrogen and oxygen atoms in total. The number of nitrogens with zero attached hydrogens (tertiary/aromatic N) is 2. The van der Waals surface area contributed by atoms with Crippen molar-refractivity contribution >= 4 is 15.9 Å². The number of aromatic nitrogens is 2. The average Bonchev–Trinajstić information content (AvgIpc) is 2.41. The Morgan fingerprint density at radius 3 is 2.50 bits per heavy atom. The smallest absolute Gasteiger partial charge is 0.173 e. The maximum atomic E-state index is 13.5. The van der Waals surface area contributed by atoms with E-state index < -0.39 is 11.6 Å². The van der Waals surface area contributed by atoms with Gasteiger partial charge in [0.15, 0.2) is 11.6 Å². The van der Waals surface area contributed by atoms with Crippen molar-refractivity contribution in [1.29, 1.82) is 0 Å². The maximum Gasteiger partial charge on any atom is 0.173 e. The van der Waals surface area contributed by atoms with E-state index in [1.807, 2.05) is 0 Å². The molecule has 1 heterocycles. The number of hydrogen-bond donors (Lipinski definition) is 1. The first kappa shape index (κ1) is 13.0. The second kappa shape index (κ2) is 5.49. The van der Waals surface area contributed by atoms with E-state index in [-0.39, 0.29) is 10.5 Å². The summed E-state index contributed by atoms with van der Waals surface area (Å²) in [5.74, 6) is -1.78. The van der Waals surface area contributed by atoms with Gasteiger partial charge < -0.3 is 5.32 Å². The van der Waals surface area contributed by atoms with Crippen LogP contribution in [0.3, 0.4) is 0 Å². The largest absolute Gasteiger partial charge is 0.309 e. The first-order chi connectivity index (χ1) is 8.65. The summed E-state index contributed by atoms with van der Waals surface area (Å²) in [6.45, 7) is 0. The van der Waals surface area contributed by atoms with Gasteiger partial charge in [0.25, 0.3) is 0 Å². The van der Waals surface area contributed by atoms with E-state index in [4.69, 9.17) is 0 Å². The van der Waals surface area contributed by atoms with Gasteiger partial charge in [0.2, 0.25) is 0 Å². The topological polar surface area (TPSA) is 37.8 Å². The monoisotopic (exact) mass is 313 g/mol. The summed E-state index contributed by atoms with van der Waals surface area (Å²) in [5, 5.41) is 3.02. The molecule has 1 unspecified atom stereocenters. The lowest BCUT2D eigenvalue weighted by atomic mass is 10.0. The summed E-state index contributed by atoms with van der Waals surface area (Å²) < 4.78 is 26.7. The van der Waals surface area contributed by atoms with E-state index in [0.717, 1.165) is 11.6 Å². The minimum atomic E-state index is -0.899. The second-order valence-electron chi connectivity index (χ2n) is 3.66. The van der Waals surface area contributed by atoms with Crippen molar-refractivity contribution < 1.29 is 8.78 Å². The van der Waals surface area contributed by atoms with E-state index in [2.05, 4.69) is 31.2 Å². The van der Waals surface area contributed by atoms with Crippen LogP contribution in [-0.4, -0.2) is 17.0 Å². The van der Waals surface area contributed by atoms with Crippen LogP contribution >= 0.6 is 15.9 Å². The minimum Gasteiger partial charge on any atom is -0.309 e. The lowest BCUT2D eigenvalue weighted by Crippen LogP contribution is -2.19. The predicted octanol–water partition coefficient (Wildman–Crippen LogP) is 2.83. The standard InChI is InChI=1S/C12H10BrF2N3/c1-16-12(7-4-17-6-18-5-7)8-2-3-9(14)11(15)10(8)13/h2-6,12,16H,1H3. The van der Waals surface area contributed by atoms with E-state index in [0.29, 0.717) is 5.56 Å². The van der Waals surface area contributed by atoms with Gasteiger partial charge in [-0.15, -0.1) is 0 Å². The number of benzene rings is 1. The molecular formula is C12H10BrF2N3. The summed E-state index contributed by atoms with van der Waals surface area (Å²) >= 11 is 3.07. The Morgan fingerprint density at radius 1 is 1.22 bits per heavy atom. The fourth-order valence-corrected chi connectivity index (χ4v) is 2.28. The zero-order valence-corrected chi connectivity index (χ0v) is 11.1. The fraction of sp³-hybridized carbons (Fsp3) is 0.167. The maximum absolute atomic E-state index is 13.5. The SMILES string of the molecule is CNC(c1cncnc1)c1ccc(F)c(F)c1Br. The second-order valence-corrected chi connectivity index (χ2v) is 4.45. The van der Waals surface area contributed by atoms with Crippen LogP contribution in [0.15, 0.2) is 35.3 Å². The Morgan fingerprint density at radius 2 is 1.89 bits per heavy atom. The molecule has 18 heavy (non-hydrogen) atoms. The molecule has 0 amide bonds. The molecule has 2 rings (SSSR count). The third kappa shape index (κ3) is 2.39. The van der Waals surface area contributed by atoms with Crippen molar-refractivity contribution in [3.63, 3.8) is 0 Å². The zero-order valence-electron chi connectivity index (χ0n) is 9.49. The van der Waals surface area contributed by atoms with Crippen LogP contribution < -0.4 is 5.32 Å². The van der Waals surface area contributed by atoms with E-state index in [1.165, 1.54) is 12.4 Å². The van der Waals surface area contributed by atoms with Gasteiger partial charge in [-0.05, 0) is 34.6 Å². The summed E-state index contributed by atoms with van der Waals surface area (Å²) in [6.07, 6.45) is 4.67. The molecule has 0 spiro atoms. The number of hydrogen-bond acceptors (Lipinski definition) is 3. The van der Waals surface area contributed by atoms with E-state index in [9.17, 15) is 8.78 Å². The summed E-state index contributed by atoms with van der Waals surface area (Å²) in [6, 6.07) is 2.32. The molecule has 1 aromatic carbocycles. The van der Waals surface area contributed by atoms with Crippen LogP contribution in [0.25, 0.3) is 0 Å². The Hall–Kier alpha value is -1.40. The molecular weight excluding hydrogens is 304 g/mol. The van der Waals surface area contributed by atoms with Gasteiger partial charge in [-0.1, -0.05) is 6.07 Å². The number of nitrogens with one attached hydrogen (secondary N) is 1. The van der Waals surface area contributed by atoms with Crippen LogP contribution in [0.2, 0.25) is 0 Å². The first-order valence-corrected chi connectivity index (χ1v) is 6.00. The molecule has 0 fully saturated rings. The first-order valence-electron chi connectivity index (χ1n) is 5.20. The molecule has 6 heteroatoms. The Bertz CT molecular complexity index is 549. The molecule has 1 N–H and O–H groups in total. The molecule has 0 radical (unpaired) electrons. The van der Waals surface area contributed by atoms with Gasteiger partial charge >= 0.3 is 0 Å². The van der Waals surface area contributed by atoms with Crippen molar-refractivity contribution in [3.05, 3.63) is 58.1 Å². The molecule has 0 bridgehead atoms. The van der Waals surface area contributed by atoms with Gasteiger partial charge in [-0.25, -0.2) is 18.7 Å². The number of rotatable bonds is 3. The molecule has 1 atom stereocenters. The zero-order chi connectivity index (χ0) is 13.1. The molecule has 0 saturated heterocycles. The molecule has 0 aliphatic carbocycles. The number of halogens is 3. The molecule has 2 aromatic rings. The summed E-state index contributed by atoms with van der Waals surface area (Å²) in [4.78, 5) is 7.83. The van der Waals surface area contributed by atoms with Gasteiger partial charge in [-0.3, -0.25) is 0 Å².